The molecular formula is C14H27N. The zero-order valence-corrected chi connectivity index (χ0v) is 10.5. The summed E-state index contributed by atoms with van der Waals surface area (Å²) in [5.74, 6) is 1.97. The van der Waals surface area contributed by atoms with Crippen LogP contribution in [-0.4, -0.2) is 13.1 Å². The van der Waals surface area contributed by atoms with Crippen molar-refractivity contribution in [3.63, 3.8) is 0 Å². The van der Waals surface area contributed by atoms with Crippen molar-refractivity contribution in [2.75, 3.05) is 13.1 Å². The minimum absolute atomic E-state index is 0.981. The Balaban J connectivity index is 1.98. The van der Waals surface area contributed by atoms with E-state index in [1.807, 2.05) is 0 Å². The molecule has 1 aliphatic carbocycles. The first kappa shape index (κ1) is 12.8. The molecule has 1 nitrogen and oxygen atoms in total. The van der Waals surface area contributed by atoms with Gasteiger partial charge in [0.2, 0.25) is 0 Å². The van der Waals surface area contributed by atoms with E-state index in [4.69, 9.17) is 0 Å². The van der Waals surface area contributed by atoms with Crippen molar-refractivity contribution in [3.8, 4) is 0 Å². The van der Waals surface area contributed by atoms with Crippen molar-refractivity contribution in [2.24, 2.45) is 11.8 Å². The Labute approximate surface area is 95.3 Å². The number of nitrogens with one attached hydrogen (secondary N) is 1. The highest BCUT2D eigenvalue weighted by Gasteiger charge is 2.17. The third kappa shape index (κ3) is 5.36. The van der Waals surface area contributed by atoms with Gasteiger partial charge in [0.25, 0.3) is 0 Å². The summed E-state index contributed by atoms with van der Waals surface area (Å²) in [5, 5.41) is 3.50. The van der Waals surface area contributed by atoms with Gasteiger partial charge in [-0.05, 0) is 31.2 Å². The first-order valence-corrected chi connectivity index (χ1v) is 6.59. The molecule has 1 fully saturated rings. The molecule has 0 amide bonds. The minimum Gasteiger partial charge on any atom is -0.313 e. The SMILES string of the molecule is C=C(CC)CNCCC1CCC(C)CC1. The second-order valence-corrected chi connectivity index (χ2v) is 5.19. The first-order valence-electron chi connectivity index (χ1n) is 6.59. The third-order valence-electron chi connectivity index (χ3n) is 3.74. The smallest absolute Gasteiger partial charge is 0.0161 e. The van der Waals surface area contributed by atoms with Crippen LogP contribution in [0, 0.1) is 11.8 Å². The van der Waals surface area contributed by atoms with Gasteiger partial charge in [0, 0.05) is 6.54 Å². The van der Waals surface area contributed by atoms with E-state index in [0.29, 0.717) is 0 Å². The predicted molar refractivity (Wildman–Crippen MR) is 68.0 cm³/mol. The van der Waals surface area contributed by atoms with Crippen LogP contribution < -0.4 is 5.32 Å². The molecule has 0 aliphatic heterocycles. The summed E-state index contributed by atoms with van der Waals surface area (Å²) < 4.78 is 0. The molecule has 0 unspecified atom stereocenters. The normalized spacial score (nSPS) is 26.5. The standard InChI is InChI=1S/C14H27N/c1-4-12(2)11-15-10-9-14-7-5-13(3)6-8-14/h13-15H,2,4-11H2,1,3H3. The molecule has 0 aromatic rings. The van der Waals surface area contributed by atoms with Gasteiger partial charge in [0.1, 0.15) is 0 Å². The molecule has 1 saturated carbocycles. The van der Waals surface area contributed by atoms with Gasteiger partial charge in [0.15, 0.2) is 0 Å². The minimum atomic E-state index is 0.981. The number of hydrogen-bond donors (Lipinski definition) is 1. The Bertz CT molecular complexity index is 178. The zero-order valence-electron chi connectivity index (χ0n) is 10.5. The maximum atomic E-state index is 4.00. The Morgan fingerprint density at radius 2 is 1.93 bits per heavy atom. The van der Waals surface area contributed by atoms with Crippen LogP contribution in [0.4, 0.5) is 0 Å². The van der Waals surface area contributed by atoms with E-state index in [-0.39, 0.29) is 0 Å². The molecule has 0 aromatic heterocycles. The van der Waals surface area contributed by atoms with Gasteiger partial charge in [-0.2, -0.15) is 0 Å². The fourth-order valence-electron chi connectivity index (χ4n) is 2.31. The Kier molecular flexibility index (Phi) is 6.00. The third-order valence-corrected chi connectivity index (χ3v) is 3.74. The van der Waals surface area contributed by atoms with Crippen LogP contribution in [0.5, 0.6) is 0 Å². The van der Waals surface area contributed by atoms with E-state index in [2.05, 4.69) is 25.7 Å². The lowest BCUT2D eigenvalue weighted by molar-refractivity contribution is 0.276. The van der Waals surface area contributed by atoms with Crippen molar-refractivity contribution < 1.29 is 0 Å². The van der Waals surface area contributed by atoms with E-state index >= 15 is 0 Å². The summed E-state index contributed by atoms with van der Waals surface area (Å²) in [6, 6.07) is 0. The summed E-state index contributed by atoms with van der Waals surface area (Å²) >= 11 is 0. The highest BCUT2D eigenvalue weighted by molar-refractivity contribution is 4.94. The predicted octanol–water partition coefficient (Wildman–Crippen LogP) is 3.76. The molecule has 88 valence electrons. The van der Waals surface area contributed by atoms with Crippen molar-refractivity contribution in [2.45, 2.75) is 52.4 Å². The van der Waals surface area contributed by atoms with Crippen LogP contribution in [0.3, 0.4) is 0 Å². The lowest BCUT2D eigenvalue weighted by atomic mass is 9.81. The maximum absolute atomic E-state index is 4.00. The highest BCUT2D eigenvalue weighted by atomic mass is 14.8. The van der Waals surface area contributed by atoms with Crippen LogP contribution in [0.2, 0.25) is 0 Å². The van der Waals surface area contributed by atoms with Crippen molar-refractivity contribution in [1.29, 1.82) is 0 Å². The largest absolute Gasteiger partial charge is 0.313 e. The van der Waals surface area contributed by atoms with Crippen LogP contribution in [-0.2, 0) is 0 Å². The van der Waals surface area contributed by atoms with Crippen LogP contribution >= 0.6 is 0 Å². The van der Waals surface area contributed by atoms with E-state index in [1.165, 1.54) is 44.2 Å². The van der Waals surface area contributed by atoms with E-state index in [0.717, 1.165) is 24.8 Å². The highest BCUT2D eigenvalue weighted by Crippen LogP contribution is 2.29. The molecule has 0 aromatic carbocycles. The van der Waals surface area contributed by atoms with Gasteiger partial charge >= 0.3 is 0 Å². The lowest BCUT2D eigenvalue weighted by Gasteiger charge is -2.26. The summed E-state index contributed by atoms with van der Waals surface area (Å²) in [7, 11) is 0. The van der Waals surface area contributed by atoms with Gasteiger partial charge in [-0.3, -0.25) is 0 Å². The van der Waals surface area contributed by atoms with Crippen molar-refractivity contribution >= 4 is 0 Å². The van der Waals surface area contributed by atoms with Gasteiger partial charge in [-0.1, -0.05) is 51.7 Å². The summed E-state index contributed by atoms with van der Waals surface area (Å²) in [6.45, 7) is 10.8. The Morgan fingerprint density at radius 1 is 1.27 bits per heavy atom. The molecule has 0 radical (unpaired) electrons. The average molecular weight is 209 g/mol. The second kappa shape index (κ2) is 7.05. The van der Waals surface area contributed by atoms with Gasteiger partial charge in [-0.25, -0.2) is 0 Å². The van der Waals surface area contributed by atoms with Crippen molar-refractivity contribution in [3.05, 3.63) is 12.2 Å². The van der Waals surface area contributed by atoms with Gasteiger partial charge in [-0.15, -0.1) is 0 Å². The number of hydrogen-bond acceptors (Lipinski definition) is 1. The van der Waals surface area contributed by atoms with E-state index in [1.54, 1.807) is 0 Å². The molecular weight excluding hydrogens is 182 g/mol. The van der Waals surface area contributed by atoms with E-state index < -0.39 is 0 Å². The lowest BCUT2D eigenvalue weighted by Crippen LogP contribution is -2.22. The van der Waals surface area contributed by atoms with Crippen LogP contribution in [0.1, 0.15) is 52.4 Å². The molecule has 0 bridgehead atoms. The Morgan fingerprint density at radius 3 is 2.53 bits per heavy atom. The van der Waals surface area contributed by atoms with Crippen LogP contribution in [0.25, 0.3) is 0 Å². The molecule has 0 saturated heterocycles. The van der Waals surface area contributed by atoms with Gasteiger partial charge < -0.3 is 5.32 Å². The maximum Gasteiger partial charge on any atom is 0.0161 e. The molecule has 1 rings (SSSR count). The van der Waals surface area contributed by atoms with Gasteiger partial charge in [0.05, 0.1) is 0 Å². The molecule has 15 heavy (non-hydrogen) atoms. The van der Waals surface area contributed by atoms with Crippen LogP contribution in [0.15, 0.2) is 12.2 Å². The summed E-state index contributed by atoms with van der Waals surface area (Å²) in [5.41, 5.74) is 1.33. The molecule has 1 N–H and O–H groups in total. The zero-order chi connectivity index (χ0) is 11.1. The van der Waals surface area contributed by atoms with E-state index in [9.17, 15) is 0 Å². The fraction of sp³-hybridized carbons (Fsp3) is 0.857. The topological polar surface area (TPSA) is 12.0 Å². The summed E-state index contributed by atoms with van der Waals surface area (Å²) in [4.78, 5) is 0. The average Bonchev–Trinajstić information content (AvgIpc) is 2.26. The molecule has 1 aliphatic rings. The molecule has 1 heteroatoms. The molecule has 0 spiro atoms. The Hall–Kier alpha value is -0.300. The fourth-order valence-corrected chi connectivity index (χ4v) is 2.31. The quantitative estimate of drug-likeness (QED) is 0.519. The first-order chi connectivity index (χ1) is 7.22. The van der Waals surface area contributed by atoms with Crippen molar-refractivity contribution in [1.82, 2.24) is 5.32 Å². The monoisotopic (exact) mass is 209 g/mol. The molecule has 0 heterocycles. The summed E-state index contributed by atoms with van der Waals surface area (Å²) in [6.07, 6.45) is 8.28. The number of rotatable bonds is 6. The molecule has 0 atom stereocenters. The second-order valence-electron chi connectivity index (χ2n) is 5.19.